The molecule has 1 aromatic carbocycles. The van der Waals surface area contributed by atoms with Crippen molar-refractivity contribution >= 4 is 5.97 Å². The van der Waals surface area contributed by atoms with E-state index in [0.717, 1.165) is 25.2 Å². The van der Waals surface area contributed by atoms with Gasteiger partial charge in [-0.25, -0.2) is 4.79 Å². The fourth-order valence-electron chi connectivity index (χ4n) is 2.10. The van der Waals surface area contributed by atoms with E-state index in [1.807, 2.05) is 12.1 Å². The first kappa shape index (κ1) is 15.7. The Morgan fingerprint density at radius 2 is 1.95 bits per heavy atom. The van der Waals surface area contributed by atoms with Crippen molar-refractivity contribution in [2.24, 2.45) is 0 Å². The van der Waals surface area contributed by atoms with Crippen LogP contribution in [0.1, 0.15) is 36.7 Å². The quantitative estimate of drug-likeness (QED) is 0.756. The zero-order valence-corrected chi connectivity index (χ0v) is 12.0. The van der Waals surface area contributed by atoms with Gasteiger partial charge >= 0.3 is 5.97 Å². The summed E-state index contributed by atoms with van der Waals surface area (Å²) in [7, 11) is 0. The van der Waals surface area contributed by atoms with Crippen LogP contribution in [-0.4, -0.2) is 41.7 Å². The highest BCUT2D eigenvalue weighted by atomic mass is 16.4. The molecule has 0 spiro atoms. The summed E-state index contributed by atoms with van der Waals surface area (Å²) >= 11 is 0. The molecule has 1 atom stereocenters. The molecule has 1 rings (SSSR count). The van der Waals surface area contributed by atoms with Gasteiger partial charge in [0.15, 0.2) is 0 Å². The van der Waals surface area contributed by atoms with Crippen molar-refractivity contribution in [2.75, 3.05) is 19.6 Å². The van der Waals surface area contributed by atoms with Gasteiger partial charge in [0.25, 0.3) is 0 Å². The third-order valence-corrected chi connectivity index (χ3v) is 3.32. The van der Waals surface area contributed by atoms with Gasteiger partial charge in [0.2, 0.25) is 0 Å². The number of rotatable bonds is 8. The van der Waals surface area contributed by atoms with E-state index in [2.05, 4.69) is 31.0 Å². The fourth-order valence-corrected chi connectivity index (χ4v) is 2.10. The number of benzene rings is 1. The lowest BCUT2D eigenvalue weighted by Gasteiger charge is -2.23. The predicted molar refractivity (Wildman–Crippen MR) is 77.5 cm³/mol. The second-order valence-electron chi connectivity index (χ2n) is 4.73. The van der Waals surface area contributed by atoms with Crippen LogP contribution in [0.4, 0.5) is 0 Å². The predicted octanol–water partition coefficient (Wildman–Crippen LogP) is 2.20. The first-order chi connectivity index (χ1) is 9.08. The molecule has 0 aromatic heterocycles. The number of nitrogens with zero attached hydrogens (tertiary/aromatic N) is 1. The summed E-state index contributed by atoms with van der Waals surface area (Å²) in [6.07, 6.45) is 0. The van der Waals surface area contributed by atoms with Crippen molar-refractivity contribution < 1.29 is 9.90 Å². The molecule has 1 aromatic rings. The van der Waals surface area contributed by atoms with E-state index in [9.17, 15) is 4.79 Å². The van der Waals surface area contributed by atoms with E-state index in [1.54, 1.807) is 12.1 Å². The van der Waals surface area contributed by atoms with Gasteiger partial charge in [0.05, 0.1) is 5.56 Å². The first-order valence-electron chi connectivity index (χ1n) is 6.85. The molecule has 0 radical (unpaired) electrons. The van der Waals surface area contributed by atoms with E-state index in [4.69, 9.17) is 5.11 Å². The summed E-state index contributed by atoms with van der Waals surface area (Å²) < 4.78 is 0. The van der Waals surface area contributed by atoms with Crippen LogP contribution in [0, 0.1) is 0 Å². The van der Waals surface area contributed by atoms with Crippen molar-refractivity contribution in [2.45, 2.75) is 33.4 Å². The Balaban J connectivity index is 2.55. The molecule has 0 bridgehead atoms. The van der Waals surface area contributed by atoms with Gasteiger partial charge in [-0.15, -0.1) is 0 Å². The van der Waals surface area contributed by atoms with Crippen LogP contribution in [0.15, 0.2) is 24.3 Å². The highest BCUT2D eigenvalue weighted by Gasteiger charge is 2.11. The number of likely N-dealkylation sites (N-methyl/N-ethyl adjacent to an activating group) is 1. The fraction of sp³-hybridized carbons (Fsp3) is 0.533. The van der Waals surface area contributed by atoms with Crippen LogP contribution in [0.25, 0.3) is 0 Å². The molecule has 4 heteroatoms. The SMILES string of the molecule is CCN(CC)CC(C)NCc1ccccc1C(=O)O. The number of hydrogen-bond acceptors (Lipinski definition) is 3. The summed E-state index contributed by atoms with van der Waals surface area (Å²) in [5.74, 6) is -0.867. The standard InChI is InChI=1S/C15H24N2O2/c1-4-17(5-2)11-12(3)16-10-13-8-6-7-9-14(13)15(18)19/h6-9,12,16H,4-5,10-11H2,1-3H3,(H,18,19). The van der Waals surface area contributed by atoms with Crippen LogP contribution in [0.2, 0.25) is 0 Å². The van der Waals surface area contributed by atoms with E-state index in [1.165, 1.54) is 0 Å². The number of hydrogen-bond donors (Lipinski definition) is 2. The van der Waals surface area contributed by atoms with Crippen molar-refractivity contribution in [3.05, 3.63) is 35.4 Å². The Morgan fingerprint density at radius 1 is 1.32 bits per heavy atom. The van der Waals surface area contributed by atoms with Gasteiger partial charge in [-0.2, -0.15) is 0 Å². The molecular formula is C15H24N2O2. The van der Waals surface area contributed by atoms with Crippen molar-refractivity contribution in [3.8, 4) is 0 Å². The molecule has 0 aliphatic rings. The topological polar surface area (TPSA) is 52.6 Å². The number of carboxylic acids is 1. The minimum absolute atomic E-state index is 0.335. The number of aromatic carboxylic acids is 1. The van der Waals surface area contributed by atoms with Gasteiger partial charge in [-0.3, -0.25) is 0 Å². The van der Waals surface area contributed by atoms with Crippen molar-refractivity contribution in [1.29, 1.82) is 0 Å². The zero-order chi connectivity index (χ0) is 14.3. The second kappa shape index (κ2) is 7.92. The van der Waals surface area contributed by atoms with E-state index >= 15 is 0 Å². The smallest absolute Gasteiger partial charge is 0.336 e. The van der Waals surface area contributed by atoms with Crippen molar-refractivity contribution in [1.82, 2.24) is 10.2 Å². The molecule has 0 aliphatic heterocycles. The van der Waals surface area contributed by atoms with Crippen LogP contribution >= 0.6 is 0 Å². The van der Waals surface area contributed by atoms with Crippen LogP contribution in [-0.2, 0) is 6.54 Å². The highest BCUT2D eigenvalue weighted by Crippen LogP contribution is 2.08. The van der Waals surface area contributed by atoms with Gasteiger partial charge in [0.1, 0.15) is 0 Å². The molecule has 1 unspecified atom stereocenters. The Kier molecular flexibility index (Phi) is 6.53. The van der Waals surface area contributed by atoms with Crippen molar-refractivity contribution in [3.63, 3.8) is 0 Å². The minimum Gasteiger partial charge on any atom is -0.478 e. The largest absolute Gasteiger partial charge is 0.478 e. The maximum atomic E-state index is 11.1. The Bertz CT molecular complexity index is 403. The minimum atomic E-state index is -0.867. The number of carbonyl (C=O) groups is 1. The van der Waals surface area contributed by atoms with Gasteiger partial charge in [-0.1, -0.05) is 32.0 Å². The molecule has 0 aliphatic carbocycles. The third-order valence-electron chi connectivity index (χ3n) is 3.32. The average molecular weight is 264 g/mol. The van der Waals surface area contributed by atoms with Gasteiger partial charge in [-0.05, 0) is 31.6 Å². The third kappa shape index (κ3) is 5.01. The molecule has 0 saturated heterocycles. The molecule has 106 valence electrons. The summed E-state index contributed by atoms with van der Waals surface area (Å²) in [6.45, 7) is 10.1. The lowest BCUT2D eigenvalue weighted by molar-refractivity contribution is 0.0695. The number of carboxylic acid groups (broad SMARTS) is 1. The van der Waals surface area contributed by atoms with Crippen LogP contribution in [0.3, 0.4) is 0 Å². The van der Waals surface area contributed by atoms with Gasteiger partial charge in [0, 0.05) is 19.1 Å². The lowest BCUT2D eigenvalue weighted by atomic mass is 10.1. The van der Waals surface area contributed by atoms with Crippen LogP contribution < -0.4 is 5.32 Å². The summed E-state index contributed by atoms with van der Waals surface area (Å²) in [5, 5.41) is 12.5. The molecule has 4 nitrogen and oxygen atoms in total. The van der Waals surface area contributed by atoms with Gasteiger partial charge < -0.3 is 15.3 Å². The maximum absolute atomic E-state index is 11.1. The molecule has 19 heavy (non-hydrogen) atoms. The van der Waals surface area contributed by atoms with E-state index in [0.29, 0.717) is 18.2 Å². The molecule has 0 heterocycles. The normalized spacial score (nSPS) is 12.6. The average Bonchev–Trinajstić information content (AvgIpc) is 2.42. The Hall–Kier alpha value is -1.39. The lowest BCUT2D eigenvalue weighted by Crippen LogP contribution is -2.38. The Labute approximate surface area is 115 Å². The first-order valence-corrected chi connectivity index (χ1v) is 6.85. The molecule has 0 fully saturated rings. The molecule has 2 N–H and O–H groups in total. The second-order valence-corrected chi connectivity index (χ2v) is 4.73. The molecule has 0 amide bonds. The van der Waals surface area contributed by atoms with Crippen LogP contribution in [0.5, 0.6) is 0 Å². The monoisotopic (exact) mass is 264 g/mol. The summed E-state index contributed by atoms with van der Waals surface area (Å²) in [6, 6.07) is 7.47. The number of nitrogens with one attached hydrogen (secondary N) is 1. The summed E-state index contributed by atoms with van der Waals surface area (Å²) in [5.41, 5.74) is 1.21. The van der Waals surface area contributed by atoms with E-state index < -0.39 is 5.97 Å². The Morgan fingerprint density at radius 3 is 2.53 bits per heavy atom. The maximum Gasteiger partial charge on any atom is 0.336 e. The molecular weight excluding hydrogens is 240 g/mol. The zero-order valence-electron chi connectivity index (χ0n) is 12.0. The highest BCUT2D eigenvalue weighted by molar-refractivity contribution is 5.89. The summed E-state index contributed by atoms with van der Waals surface area (Å²) in [4.78, 5) is 13.4. The van der Waals surface area contributed by atoms with E-state index in [-0.39, 0.29) is 0 Å². The molecule has 0 saturated carbocycles.